The summed E-state index contributed by atoms with van der Waals surface area (Å²) in [5, 5.41) is 3.27. The first-order valence-electron chi connectivity index (χ1n) is 7.46. The van der Waals surface area contributed by atoms with E-state index >= 15 is 0 Å². The Morgan fingerprint density at radius 2 is 2.05 bits per heavy atom. The van der Waals surface area contributed by atoms with Crippen molar-refractivity contribution in [2.45, 2.75) is 59.0 Å². The van der Waals surface area contributed by atoms with E-state index in [1.807, 2.05) is 7.05 Å². The summed E-state index contributed by atoms with van der Waals surface area (Å²) in [5.41, 5.74) is 6.07. The van der Waals surface area contributed by atoms with Gasteiger partial charge in [-0.05, 0) is 69.8 Å². The SMILES string of the molecule is CCN1c2cc(C)c(CNC)cc2[C@H](C)CC1(C)C. The van der Waals surface area contributed by atoms with Gasteiger partial charge < -0.3 is 10.2 Å². The molecule has 0 aliphatic carbocycles. The van der Waals surface area contributed by atoms with E-state index in [-0.39, 0.29) is 5.54 Å². The fourth-order valence-electron chi connectivity index (χ4n) is 3.66. The van der Waals surface area contributed by atoms with Gasteiger partial charge in [0.25, 0.3) is 0 Å². The molecule has 0 amide bonds. The van der Waals surface area contributed by atoms with Crippen molar-refractivity contribution in [3.05, 3.63) is 28.8 Å². The number of rotatable bonds is 3. The molecule has 1 heterocycles. The van der Waals surface area contributed by atoms with Gasteiger partial charge in [0.1, 0.15) is 0 Å². The Balaban J connectivity index is 2.53. The number of benzene rings is 1. The molecule has 0 bridgehead atoms. The van der Waals surface area contributed by atoms with E-state index in [4.69, 9.17) is 0 Å². The van der Waals surface area contributed by atoms with Gasteiger partial charge in [0.05, 0.1) is 0 Å². The molecular formula is C17H28N2. The largest absolute Gasteiger partial charge is 0.366 e. The van der Waals surface area contributed by atoms with Crippen molar-refractivity contribution >= 4 is 5.69 Å². The molecule has 1 aromatic carbocycles. The van der Waals surface area contributed by atoms with E-state index in [0.717, 1.165) is 13.1 Å². The molecule has 0 saturated carbocycles. The molecule has 0 fully saturated rings. The van der Waals surface area contributed by atoms with Crippen molar-refractivity contribution in [2.75, 3.05) is 18.5 Å². The fraction of sp³-hybridized carbons (Fsp3) is 0.647. The van der Waals surface area contributed by atoms with E-state index in [0.29, 0.717) is 5.92 Å². The summed E-state index contributed by atoms with van der Waals surface area (Å²) in [4.78, 5) is 2.57. The third kappa shape index (κ3) is 2.51. The quantitative estimate of drug-likeness (QED) is 0.888. The molecule has 1 aliphatic rings. The summed E-state index contributed by atoms with van der Waals surface area (Å²) in [5.74, 6) is 0.643. The average molecular weight is 260 g/mol. The number of nitrogens with one attached hydrogen (secondary N) is 1. The molecule has 1 aromatic rings. The van der Waals surface area contributed by atoms with Gasteiger partial charge in [-0.1, -0.05) is 13.0 Å². The Hall–Kier alpha value is -1.02. The van der Waals surface area contributed by atoms with E-state index in [9.17, 15) is 0 Å². The highest BCUT2D eigenvalue weighted by Crippen LogP contribution is 2.44. The highest BCUT2D eigenvalue weighted by Gasteiger charge is 2.35. The van der Waals surface area contributed by atoms with Crippen LogP contribution in [0.3, 0.4) is 0 Å². The van der Waals surface area contributed by atoms with Crippen LogP contribution in [0.1, 0.15) is 56.7 Å². The van der Waals surface area contributed by atoms with Gasteiger partial charge in [-0.15, -0.1) is 0 Å². The molecule has 1 aliphatic heterocycles. The normalized spacial score (nSPS) is 21.4. The van der Waals surface area contributed by atoms with Gasteiger partial charge in [-0.3, -0.25) is 0 Å². The topological polar surface area (TPSA) is 15.3 Å². The first-order chi connectivity index (χ1) is 8.90. The van der Waals surface area contributed by atoms with Crippen molar-refractivity contribution in [3.63, 3.8) is 0 Å². The summed E-state index contributed by atoms with van der Waals surface area (Å²) in [7, 11) is 2.02. The molecule has 1 atom stereocenters. The van der Waals surface area contributed by atoms with Gasteiger partial charge in [0.2, 0.25) is 0 Å². The maximum absolute atomic E-state index is 3.27. The van der Waals surface area contributed by atoms with E-state index in [1.165, 1.54) is 28.8 Å². The van der Waals surface area contributed by atoms with Crippen LogP contribution < -0.4 is 10.2 Å². The van der Waals surface area contributed by atoms with Gasteiger partial charge in [-0.2, -0.15) is 0 Å². The maximum Gasteiger partial charge on any atom is 0.0408 e. The van der Waals surface area contributed by atoms with Crippen molar-refractivity contribution in [1.82, 2.24) is 5.32 Å². The van der Waals surface area contributed by atoms with Gasteiger partial charge in [0, 0.05) is 24.3 Å². The highest BCUT2D eigenvalue weighted by molar-refractivity contribution is 5.62. The summed E-state index contributed by atoms with van der Waals surface area (Å²) >= 11 is 0. The third-order valence-corrected chi connectivity index (χ3v) is 4.53. The minimum absolute atomic E-state index is 0.262. The van der Waals surface area contributed by atoms with E-state index in [2.05, 4.69) is 57.0 Å². The van der Waals surface area contributed by atoms with Crippen LogP contribution >= 0.6 is 0 Å². The molecule has 0 spiro atoms. The van der Waals surface area contributed by atoms with E-state index in [1.54, 1.807) is 0 Å². The van der Waals surface area contributed by atoms with Crippen LogP contribution in [-0.4, -0.2) is 19.1 Å². The first kappa shape index (κ1) is 14.4. The summed E-state index contributed by atoms with van der Waals surface area (Å²) in [6.45, 7) is 13.6. The zero-order valence-electron chi connectivity index (χ0n) is 13.3. The van der Waals surface area contributed by atoms with Gasteiger partial charge >= 0.3 is 0 Å². The zero-order valence-corrected chi connectivity index (χ0v) is 13.3. The fourth-order valence-corrected chi connectivity index (χ4v) is 3.66. The second kappa shape index (κ2) is 5.16. The van der Waals surface area contributed by atoms with Crippen LogP contribution in [0.15, 0.2) is 12.1 Å². The second-order valence-electron chi connectivity index (χ2n) is 6.53. The number of nitrogens with zero attached hydrogens (tertiary/aromatic N) is 1. The number of aryl methyl sites for hydroxylation is 1. The number of fused-ring (bicyclic) bond motifs is 1. The molecule has 0 aromatic heterocycles. The lowest BCUT2D eigenvalue weighted by Crippen LogP contribution is -2.48. The molecule has 2 nitrogen and oxygen atoms in total. The third-order valence-electron chi connectivity index (χ3n) is 4.53. The van der Waals surface area contributed by atoms with Crippen LogP contribution in [0.25, 0.3) is 0 Å². The molecule has 0 radical (unpaired) electrons. The summed E-state index contributed by atoms with van der Waals surface area (Å²) < 4.78 is 0. The molecule has 19 heavy (non-hydrogen) atoms. The van der Waals surface area contributed by atoms with Gasteiger partial charge in [0.15, 0.2) is 0 Å². The average Bonchev–Trinajstić information content (AvgIpc) is 2.31. The zero-order chi connectivity index (χ0) is 14.2. The van der Waals surface area contributed by atoms with E-state index < -0.39 is 0 Å². The standard InChI is InChI=1S/C17H28N2/c1-7-19-16-8-12(2)14(11-18-6)9-15(16)13(3)10-17(19,4)5/h8-9,13,18H,7,10-11H2,1-6H3/t13-/m1/s1. The smallest absolute Gasteiger partial charge is 0.0408 e. The molecule has 1 N–H and O–H groups in total. The molecular weight excluding hydrogens is 232 g/mol. The lowest BCUT2D eigenvalue weighted by molar-refractivity contribution is 0.381. The number of hydrogen-bond acceptors (Lipinski definition) is 2. The maximum atomic E-state index is 3.27. The Morgan fingerprint density at radius 1 is 1.37 bits per heavy atom. The monoisotopic (exact) mass is 260 g/mol. The molecule has 0 saturated heterocycles. The lowest BCUT2D eigenvalue weighted by Gasteiger charge is -2.47. The molecule has 2 heteroatoms. The highest BCUT2D eigenvalue weighted by atomic mass is 15.2. The molecule has 106 valence electrons. The van der Waals surface area contributed by atoms with Gasteiger partial charge in [-0.25, -0.2) is 0 Å². The van der Waals surface area contributed by atoms with Crippen LogP contribution in [0, 0.1) is 6.92 Å². The second-order valence-corrected chi connectivity index (χ2v) is 6.53. The molecule has 2 rings (SSSR count). The summed E-state index contributed by atoms with van der Waals surface area (Å²) in [6.07, 6.45) is 1.23. The molecule has 0 unspecified atom stereocenters. The van der Waals surface area contributed by atoms with Crippen molar-refractivity contribution < 1.29 is 0 Å². The van der Waals surface area contributed by atoms with Crippen molar-refractivity contribution in [3.8, 4) is 0 Å². The van der Waals surface area contributed by atoms with Crippen LogP contribution in [-0.2, 0) is 6.54 Å². The Kier molecular flexibility index (Phi) is 3.91. The summed E-state index contributed by atoms with van der Waals surface area (Å²) in [6, 6.07) is 4.81. The number of hydrogen-bond donors (Lipinski definition) is 1. The Labute approximate surface area is 118 Å². The number of anilines is 1. The Morgan fingerprint density at radius 3 is 2.63 bits per heavy atom. The predicted octanol–water partition coefficient (Wildman–Crippen LogP) is 3.83. The minimum Gasteiger partial charge on any atom is -0.366 e. The van der Waals surface area contributed by atoms with Crippen LogP contribution in [0.2, 0.25) is 0 Å². The minimum atomic E-state index is 0.262. The first-order valence-corrected chi connectivity index (χ1v) is 7.46. The van der Waals surface area contributed by atoms with Crippen molar-refractivity contribution in [1.29, 1.82) is 0 Å². The van der Waals surface area contributed by atoms with Crippen LogP contribution in [0.5, 0.6) is 0 Å². The van der Waals surface area contributed by atoms with Crippen LogP contribution in [0.4, 0.5) is 5.69 Å². The predicted molar refractivity (Wildman–Crippen MR) is 84.1 cm³/mol. The lowest BCUT2D eigenvalue weighted by atomic mass is 9.79. The Bertz CT molecular complexity index is 463. The van der Waals surface area contributed by atoms with Crippen molar-refractivity contribution in [2.24, 2.45) is 0 Å².